The molecule has 0 aromatic heterocycles. The summed E-state index contributed by atoms with van der Waals surface area (Å²) in [5, 5.41) is 8.47. The number of carbonyl (C=O) groups is 1. The first-order chi connectivity index (χ1) is 9.16. The van der Waals surface area contributed by atoms with Crippen LogP contribution in [0.1, 0.15) is 90.4 Å². The Balaban J connectivity index is 3.16. The molecular weight excluding hydrogens is 243 g/mol. The van der Waals surface area contributed by atoms with Crippen LogP contribution in [0, 0.1) is 0 Å². The van der Waals surface area contributed by atoms with Crippen LogP contribution in [0.15, 0.2) is 0 Å². The van der Waals surface area contributed by atoms with Crippen LogP contribution in [0.3, 0.4) is 0 Å². The van der Waals surface area contributed by atoms with Crippen molar-refractivity contribution < 1.29 is 14.3 Å². The maximum absolute atomic E-state index is 13.5. The maximum Gasteiger partial charge on any atom is 0.303 e. The van der Waals surface area contributed by atoms with E-state index in [0.717, 1.165) is 25.7 Å². The van der Waals surface area contributed by atoms with Gasteiger partial charge in [0.05, 0.1) is 0 Å². The third-order valence-electron chi connectivity index (χ3n) is 3.53. The molecule has 0 fully saturated rings. The Bertz CT molecular complexity index is 207. The first-order valence-corrected chi connectivity index (χ1v) is 8.02. The van der Waals surface area contributed by atoms with Gasteiger partial charge in [0, 0.05) is 6.42 Å². The van der Waals surface area contributed by atoms with Crippen molar-refractivity contribution in [2.24, 2.45) is 0 Å². The molecule has 114 valence electrons. The summed E-state index contributed by atoms with van der Waals surface area (Å²) in [7, 11) is 0. The highest BCUT2D eigenvalue weighted by atomic mass is 19.1. The van der Waals surface area contributed by atoms with Crippen molar-refractivity contribution >= 4 is 5.97 Å². The first-order valence-electron chi connectivity index (χ1n) is 8.02. The Morgan fingerprint density at radius 2 is 1.37 bits per heavy atom. The summed E-state index contributed by atoms with van der Waals surface area (Å²) in [4.78, 5) is 10.3. The molecule has 0 heterocycles. The molecule has 1 N–H and O–H groups in total. The molecule has 0 aliphatic heterocycles. The predicted octanol–water partition coefficient (Wildman–Crippen LogP) is 5.50. The second-order valence-electron chi connectivity index (χ2n) is 5.50. The molecule has 0 saturated heterocycles. The van der Waals surface area contributed by atoms with Crippen molar-refractivity contribution in [1.82, 2.24) is 0 Å². The van der Waals surface area contributed by atoms with E-state index in [1.165, 1.54) is 32.1 Å². The van der Waals surface area contributed by atoms with E-state index in [0.29, 0.717) is 19.3 Å². The van der Waals surface area contributed by atoms with E-state index in [-0.39, 0.29) is 6.42 Å². The molecule has 0 radical (unpaired) electrons. The number of hydrogen-bond donors (Lipinski definition) is 1. The highest BCUT2D eigenvalue weighted by Crippen LogP contribution is 2.15. The molecule has 0 rings (SSSR count). The van der Waals surface area contributed by atoms with Gasteiger partial charge in [-0.25, -0.2) is 4.39 Å². The average molecular weight is 274 g/mol. The molecule has 0 bridgehead atoms. The molecule has 0 saturated carbocycles. The Morgan fingerprint density at radius 1 is 0.895 bits per heavy atom. The second kappa shape index (κ2) is 13.8. The molecule has 0 aliphatic rings. The number of carboxylic acid groups (broad SMARTS) is 1. The van der Waals surface area contributed by atoms with E-state index in [9.17, 15) is 9.18 Å². The quantitative estimate of drug-likeness (QED) is 0.425. The number of alkyl halides is 1. The van der Waals surface area contributed by atoms with E-state index < -0.39 is 12.1 Å². The van der Waals surface area contributed by atoms with Gasteiger partial charge in [-0.2, -0.15) is 0 Å². The molecule has 3 heteroatoms. The smallest absolute Gasteiger partial charge is 0.303 e. The van der Waals surface area contributed by atoms with Crippen molar-refractivity contribution in [3.63, 3.8) is 0 Å². The molecule has 0 spiro atoms. The molecule has 0 amide bonds. The van der Waals surface area contributed by atoms with E-state index in [2.05, 4.69) is 6.92 Å². The average Bonchev–Trinajstić information content (AvgIpc) is 2.37. The zero-order valence-electron chi connectivity index (χ0n) is 12.5. The maximum atomic E-state index is 13.5. The zero-order chi connectivity index (χ0) is 14.3. The monoisotopic (exact) mass is 274 g/mol. The van der Waals surface area contributed by atoms with Gasteiger partial charge in [0.15, 0.2) is 0 Å². The standard InChI is InChI=1S/C16H31FO2/c1-2-3-4-5-6-7-9-12-15(17)13-10-8-11-14-16(18)19/h15H,2-14H2,1H3,(H,18,19). The summed E-state index contributed by atoms with van der Waals surface area (Å²) in [6.45, 7) is 2.21. The highest BCUT2D eigenvalue weighted by molar-refractivity contribution is 5.66. The van der Waals surface area contributed by atoms with Crippen molar-refractivity contribution in [3.05, 3.63) is 0 Å². The normalized spacial score (nSPS) is 12.5. The summed E-state index contributed by atoms with van der Waals surface area (Å²) in [5.41, 5.74) is 0. The topological polar surface area (TPSA) is 37.3 Å². The van der Waals surface area contributed by atoms with Crippen LogP contribution in [-0.4, -0.2) is 17.2 Å². The Kier molecular flexibility index (Phi) is 13.4. The van der Waals surface area contributed by atoms with E-state index in [1.807, 2.05) is 0 Å². The lowest BCUT2D eigenvalue weighted by molar-refractivity contribution is -0.137. The molecule has 1 atom stereocenters. The van der Waals surface area contributed by atoms with Crippen LogP contribution < -0.4 is 0 Å². The fourth-order valence-electron chi connectivity index (χ4n) is 2.29. The second-order valence-corrected chi connectivity index (χ2v) is 5.50. The summed E-state index contributed by atoms with van der Waals surface area (Å²) in [6.07, 6.45) is 11.8. The van der Waals surface area contributed by atoms with Gasteiger partial charge in [-0.05, 0) is 19.3 Å². The molecule has 1 unspecified atom stereocenters. The van der Waals surface area contributed by atoms with Gasteiger partial charge in [-0.1, -0.05) is 64.7 Å². The molecule has 0 aromatic carbocycles. The van der Waals surface area contributed by atoms with E-state index in [4.69, 9.17) is 5.11 Å². The van der Waals surface area contributed by atoms with Gasteiger partial charge in [0.25, 0.3) is 0 Å². The van der Waals surface area contributed by atoms with Gasteiger partial charge in [-0.3, -0.25) is 4.79 Å². The van der Waals surface area contributed by atoms with Crippen LogP contribution >= 0.6 is 0 Å². The number of unbranched alkanes of at least 4 members (excludes halogenated alkanes) is 8. The number of hydrogen-bond acceptors (Lipinski definition) is 1. The van der Waals surface area contributed by atoms with Crippen LogP contribution in [0.4, 0.5) is 4.39 Å². The van der Waals surface area contributed by atoms with Crippen molar-refractivity contribution in [2.75, 3.05) is 0 Å². The minimum absolute atomic E-state index is 0.217. The van der Waals surface area contributed by atoms with Crippen LogP contribution in [-0.2, 0) is 4.79 Å². The third kappa shape index (κ3) is 15.3. The van der Waals surface area contributed by atoms with Crippen LogP contribution in [0.25, 0.3) is 0 Å². The summed E-state index contributed by atoms with van der Waals surface area (Å²) in [5.74, 6) is -0.750. The number of aliphatic carboxylic acids is 1. The SMILES string of the molecule is CCCCCCCCCC(F)CCCCCC(=O)O. The lowest BCUT2D eigenvalue weighted by atomic mass is 10.0. The Hall–Kier alpha value is -0.600. The fraction of sp³-hybridized carbons (Fsp3) is 0.938. The van der Waals surface area contributed by atoms with Gasteiger partial charge in [0.1, 0.15) is 6.17 Å². The largest absolute Gasteiger partial charge is 0.481 e. The number of rotatable bonds is 14. The van der Waals surface area contributed by atoms with Crippen molar-refractivity contribution in [3.8, 4) is 0 Å². The molecule has 0 aliphatic carbocycles. The van der Waals surface area contributed by atoms with Gasteiger partial charge < -0.3 is 5.11 Å². The molecule has 19 heavy (non-hydrogen) atoms. The fourth-order valence-corrected chi connectivity index (χ4v) is 2.29. The number of carboxylic acids is 1. The van der Waals surface area contributed by atoms with Crippen LogP contribution in [0.2, 0.25) is 0 Å². The Morgan fingerprint density at radius 3 is 1.89 bits per heavy atom. The summed E-state index contributed by atoms with van der Waals surface area (Å²) in [6, 6.07) is 0. The third-order valence-corrected chi connectivity index (χ3v) is 3.53. The first kappa shape index (κ1) is 18.4. The Labute approximate surface area is 117 Å². The van der Waals surface area contributed by atoms with Gasteiger partial charge >= 0.3 is 5.97 Å². The zero-order valence-corrected chi connectivity index (χ0v) is 12.5. The summed E-state index contributed by atoms with van der Waals surface area (Å²) < 4.78 is 13.5. The lowest BCUT2D eigenvalue weighted by Crippen LogP contribution is -2.00. The minimum atomic E-state index is -0.750. The predicted molar refractivity (Wildman–Crippen MR) is 78.2 cm³/mol. The molecule has 2 nitrogen and oxygen atoms in total. The highest BCUT2D eigenvalue weighted by Gasteiger charge is 2.06. The summed E-state index contributed by atoms with van der Waals surface area (Å²) >= 11 is 0. The van der Waals surface area contributed by atoms with Crippen molar-refractivity contribution in [2.45, 2.75) is 96.6 Å². The van der Waals surface area contributed by atoms with Gasteiger partial charge in [0.2, 0.25) is 0 Å². The number of halogens is 1. The van der Waals surface area contributed by atoms with E-state index in [1.54, 1.807) is 0 Å². The lowest BCUT2D eigenvalue weighted by Gasteiger charge is -2.07. The molecular formula is C16H31FO2. The van der Waals surface area contributed by atoms with Crippen molar-refractivity contribution in [1.29, 1.82) is 0 Å². The van der Waals surface area contributed by atoms with Crippen LogP contribution in [0.5, 0.6) is 0 Å². The minimum Gasteiger partial charge on any atom is -0.481 e. The molecule has 0 aromatic rings. The van der Waals surface area contributed by atoms with E-state index >= 15 is 0 Å². The van der Waals surface area contributed by atoms with Gasteiger partial charge in [-0.15, -0.1) is 0 Å².